The van der Waals surface area contributed by atoms with E-state index in [0.717, 1.165) is 17.9 Å². The van der Waals surface area contributed by atoms with Gasteiger partial charge in [0.05, 0.1) is 0 Å². The molecule has 1 saturated heterocycles. The van der Waals surface area contributed by atoms with E-state index < -0.39 is 0 Å². The molecule has 2 heteroatoms. The van der Waals surface area contributed by atoms with Gasteiger partial charge in [-0.3, -0.25) is 0 Å². The third-order valence-corrected chi connectivity index (χ3v) is 3.66. The molecule has 0 amide bonds. The molecule has 2 nitrogen and oxygen atoms in total. The highest BCUT2D eigenvalue weighted by atomic mass is 15.1. The van der Waals surface area contributed by atoms with Gasteiger partial charge in [-0.05, 0) is 45.3 Å². The molecular weight excluding hydrogens is 172 g/mol. The first-order valence-electron chi connectivity index (χ1n) is 6.06. The van der Waals surface area contributed by atoms with Gasteiger partial charge in [-0.2, -0.15) is 0 Å². The Balaban J connectivity index is 2.28. The third kappa shape index (κ3) is 3.25. The van der Waals surface area contributed by atoms with E-state index in [0.29, 0.717) is 0 Å². The van der Waals surface area contributed by atoms with Crippen LogP contribution in [0, 0.1) is 11.8 Å². The minimum Gasteiger partial charge on any atom is -0.316 e. The van der Waals surface area contributed by atoms with Gasteiger partial charge in [0.15, 0.2) is 0 Å². The highest BCUT2D eigenvalue weighted by Crippen LogP contribution is 2.18. The Kier molecular flexibility index (Phi) is 4.90. The van der Waals surface area contributed by atoms with Gasteiger partial charge in [0.25, 0.3) is 0 Å². The molecule has 0 bridgehead atoms. The Morgan fingerprint density at radius 2 is 2.14 bits per heavy atom. The molecule has 0 spiro atoms. The summed E-state index contributed by atoms with van der Waals surface area (Å²) < 4.78 is 0. The highest BCUT2D eigenvalue weighted by Gasteiger charge is 2.24. The first kappa shape index (κ1) is 12.0. The van der Waals surface area contributed by atoms with Crippen molar-refractivity contribution in [3.8, 4) is 0 Å². The van der Waals surface area contributed by atoms with Gasteiger partial charge in [0, 0.05) is 12.6 Å². The summed E-state index contributed by atoms with van der Waals surface area (Å²) in [4.78, 5) is 2.53. The van der Waals surface area contributed by atoms with Crippen molar-refractivity contribution >= 4 is 0 Å². The lowest BCUT2D eigenvalue weighted by Crippen LogP contribution is -2.35. The van der Waals surface area contributed by atoms with Crippen LogP contribution in [0.1, 0.15) is 33.6 Å². The molecule has 0 aromatic rings. The minimum absolute atomic E-state index is 0.743. The summed E-state index contributed by atoms with van der Waals surface area (Å²) in [5, 5.41) is 3.47. The summed E-state index contributed by atoms with van der Waals surface area (Å²) in [6, 6.07) is 0.743. The molecule has 1 heterocycles. The van der Waals surface area contributed by atoms with Gasteiger partial charge >= 0.3 is 0 Å². The van der Waals surface area contributed by atoms with Crippen molar-refractivity contribution in [3.63, 3.8) is 0 Å². The predicted octanol–water partition coefficient (Wildman–Crippen LogP) is 1.96. The second-order valence-corrected chi connectivity index (χ2v) is 4.97. The highest BCUT2D eigenvalue weighted by molar-refractivity contribution is 4.81. The topological polar surface area (TPSA) is 15.3 Å². The monoisotopic (exact) mass is 198 g/mol. The molecule has 0 aliphatic carbocycles. The average Bonchev–Trinajstić information content (AvgIpc) is 2.52. The normalized spacial score (nSPS) is 29.8. The fraction of sp³-hybridized carbons (Fsp3) is 1.00. The summed E-state index contributed by atoms with van der Waals surface area (Å²) >= 11 is 0. The van der Waals surface area contributed by atoms with Crippen LogP contribution < -0.4 is 5.32 Å². The van der Waals surface area contributed by atoms with Gasteiger partial charge < -0.3 is 10.2 Å². The van der Waals surface area contributed by atoms with Gasteiger partial charge in [0.1, 0.15) is 0 Å². The minimum atomic E-state index is 0.743. The average molecular weight is 198 g/mol. The van der Waals surface area contributed by atoms with Crippen LogP contribution in [-0.4, -0.2) is 37.6 Å². The number of nitrogens with one attached hydrogen (secondary N) is 1. The SMILES string of the molecule is CCCC(C)N(C)C[C@@H]1CNC[C@H]1C. The molecule has 1 fully saturated rings. The molecule has 1 rings (SSSR count). The second-order valence-electron chi connectivity index (χ2n) is 4.97. The van der Waals surface area contributed by atoms with E-state index in [4.69, 9.17) is 0 Å². The molecule has 0 aromatic carbocycles. The molecule has 3 atom stereocenters. The van der Waals surface area contributed by atoms with Crippen LogP contribution in [0.2, 0.25) is 0 Å². The van der Waals surface area contributed by atoms with E-state index in [9.17, 15) is 0 Å². The van der Waals surface area contributed by atoms with Crippen molar-refractivity contribution in [1.82, 2.24) is 10.2 Å². The maximum absolute atomic E-state index is 3.47. The van der Waals surface area contributed by atoms with E-state index in [1.165, 1.54) is 32.5 Å². The number of hydrogen-bond acceptors (Lipinski definition) is 2. The van der Waals surface area contributed by atoms with E-state index in [2.05, 4.69) is 38.0 Å². The molecule has 1 N–H and O–H groups in total. The summed E-state index contributed by atoms with van der Waals surface area (Å²) in [6.45, 7) is 10.7. The lowest BCUT2D eigenvalue weighted by molar-refractivity contribution is 0.198. The number of hydrogen-bond donors (Lipinski definition) is 1. The lowest BCUT2D eigenvalue weighted by atomic mass is 9.97. The largest absolute Gasteiger partial charge is 0.316 e. The van der Waals surface area contributed by atoms with Gasteiger partial charge in [0.2, 0.25) is 0 Å². The van der Waals surface area contributed by atoms with E-state index in [-0.39, 0.29) is 0 Å². The predicted molar refractivity (Wildman–Crippen MR) is 62.5 cm³/mol. The van der Waals surface area contributed by atoms with E-state index >= 15 is 0 Å². The van der Waals surface area contributed by atoms with Crippen LogP contribution in [0.15, 0.2) is 0 Å². The Hall–Kier alpha value is -0.0800. The van der Waals surface area contributed by atoms with Crippen molar-refractivity contribution in [1.29, 1.82) is 0 Å². The molecule has 0 radical (unpaired) electrons. The Bertz CT molecular complexity index is 158. The van der Waals surface area contributed by atoms with Crippen LogP contribution in [0.5, 0.6) is 0 Å². The van der Waals surface area contributed by atoms with Crippen molar-refractivity contribution in [3.05, 3.63) is 0 Å². The van der Waals surface area contributed by atoms with Crippen LogP contribution in [-0.2, 0) is 0 Å². The van der Waals surface area contributed by atoms with Crippen LogP contribution in [0.25, 0.3) is 0 Å². The summed E-state index contributed by atoms with van der Waals surface area (Å²) in [5.74, 6) is 1.71. The Morgan fingerprint density at radius 3 is 2.64 bits per heavy atom. The van der Waals surface area contributed by atoms with Crippen molar-refractivity contribution < 1.29 is 0 Å². The van der Waals surface area contributed by atoms with Gasteiger partial charge in [-0.1, -0.05) is 20.3 Å². The molecule has 0 saturated carbocycles. The zero-order valence-corrected chi connectivity index (χ0v) is 10.2. The Labute approximate surface area is 89.1 Å². The quantitative estimate of drug-likeness (QED) is 0.726. The number of nitrogens with zero attached hydrogens (tertiary/aromatic N) is 1. The fourth-order valence-electron chi connectivity index (χ4n) is 2.30. The molecule has 0 aromatic heterocycles. The maximum Gasteiger partial charge on any atom is 0.00639 e. The molecule has 14 heavy (non-hydrogen) atoms. The third-order valence-electron chi connectivity index (χ3n) is 3.66. The van der Waals surface area contributed by atoms with Gasteiger partial charge in [-0.15, -0.1) is 0 Å². The first-order valence-corrected chi connectivity index (χ1v) is 6.06. The summed E-state index contributed by atoms with van der Waals surface area (Å²) in [7, 11) is 2.27. The number of rotatable bonds is 5. The Morgan fingerprint density at radius 1 is 1.43 bits per heavy atom. The van der Waals surface area contributed by atoms with Crippen LogP contribution in [0.3, 0.4) is 0 Å². The smallest absolute Gasteiger partial charge is 0.00639 e. The fourth-order valence-corrected chi connectivity index (χ4v) is 2.30. The molecule has 1 aliphatic heterocycles. The second kappa shape index (κ2) is 5.72. The summed E-state index contributed by atoms with van der Waals surface area (Å²) in [6.07, 6.45) is 2.62. The standard InChI is InChI=1S/C12H26N2/c1-5-6-11(3)14(4)9-12-8-13-7-10(12)2/h10-13H,5-9H2,1-4H3/t10-,11?,12+/m1/s1. The van der Waals surface area contributed by atoms with E-state index in [1.54, 1.807) is 0 Å². The van der Waals surface area contributed by atoms with Crippen molar-refractivity contribution in [2.45, 2.75) is 39.7 Å². The zero-order valence-electron chi connectivity index (χ0n) is 10.2. The van der Waals surface area contributed by atoms with Crippen molar-refractivity contribution in [2.24, 2.45) is 11.8 Å². The van der Waals surface area contributed by atoms with Crippen molar-refractivity contribution in [2.75, 3.05) is 26.7 Å². The summed E-state index contributed by atoms with van der Waals surface area (Å²) in [5.41, 5.74) is 0. The van der Waals surface area contributed by atoms with Crippen LogP contribution in [0.4, 0.5) is 0 Å². The van der Waals surface area contributed by atoms with Gasteiger partial charge in [-0.25, -0.2) is 0 Å². The zero-order chi connectivity index (χ0) is 10.6. The molecule has 84 valence electrons. The van der Waals surface area contributed by atoms with E-state index in [1.807, 2.05) is 0 Å². The van der Waals surface area contributed by atoms with Crippen LogP contribution >= 0.6 is 0 Å². The molecule has 1 aliphatic rings. The lowest BCUT2D eigenvalue weighted by Gasteiger charge is -2.28. The molecule has 1 unspecified atom stereocenters. The first-order chi connectivity index (χ1) is 6.65. The maximum atomic E-state index is 3.47. The molecular formula is C12H26N2.